The molecule has 118 valence electrons. The Labute approximate surface area is 136 Å². The molecule has 0 bridgehead atoms. The quantitative estimate of drug-likeness (QED) is 0.700. The molecule has 0 radical (unpaired) electrons. The summed E-state index contributed by atoms with van der Waals surface area (Å²) in [7, 11) is 0. The summed E-state index contributed by atoms with van der Waals surface area (Å²) in [6.07, 6.45) is 0. The second-order valence-corrected chi connectivity index (χ2v) is 6.42. The lowest BCUT2D eigenvalue weighted by Crippen LogP contribution is -2.26. The topological polar surface area (TPSA) is 96.0 Å². The molecule has 0 saturated carbocycles. The minimum absolute atomic E-state index is 0.0487. The SMILES string of the molecule is CC(=O)NCCNc1nc(-c2sc(NC(C)=O)nc2C)cs1. The van der Waals surface area contributed by atoms with Gasteiger partial charge in [-0.05, 0) is 6.92 Å². The monoisotopic (exact) mass is 339 g/mol. The largest absolute Gasteiger partial charge is 0.360 e. The van der Waals surface area contributed by atoms with Crippen molar-refractivity contribution in [3.63, 3.8) is 0 Å². The number of aromatic nitrogens is 2. The zero-order chi connectivity index (χ0) is 16.1. The minimum Gasteiger partial charge on any atom is -0.360 e. The Morgan fingerprint density at radius 1 is 1.14 bits per heavy atom. The van der Waals surface area contributed by atoms with Crippen LogP contribution in [0.15, 0.2) is 5.38 Å². The van der Waals surface area contributed by atoms with E-state index in [2.05, 4.69) is 25.9 Å². The summed E-state index contributed by atoms with van der Waals surface area (Å²) in [5.41, 5.74) is 1.67. The molecule has 3 N–H and O–H groups in total. The van der Waals surface area contributed by atoms with Gasteiger partial charge in [-0.25, -0.2) is 9.97 Å². The Balaban J connectivity index is 2.00. The molecule has 0 aliphatic heterocycles. The molecule has 2 amide bonds. The van der Waals surface area contributed by atoms with E-state index in [9.17, 15) is 9.59 Å². The van der Waals surface area contributed by atoms with E-state index in [0.29, 0.717) is 18.2 Å². The molecule has 2 rings (SSSR count). The maximum absolute atomic E-state index is 11.1. The van der Waals surface area contributed by atoms with E-state index in [0.717, 1.165) is 21.4 Å². The van der Waals surface area contributed by atoms with Gasteiger partial charge < -0.3 is 16.0 Å². The van der Waals surface area contributed by atoms with Crippen LogP contribution in [-0.2, 0) is 9.59 Å². The summed E-state index contributed by atoms with van der Waals surface area (Å²) in [6.45, 7) is 6.00. The second-order valence-electron chi connectivity index (χ2n) is 4.56. The van der Waals surface area contributed by atoms with Crippen molar-refractivity contribution in [1.29, 1.82) is 0 Å². The minimum atomic E-state index is -0.140. The summed E-state index contributed by atoms with van der Waals surface area (Å²) in [5, 5.41) is 11.9. The fourth-order valence-corrected chi connectivity index (χ4v) is 3.48. The van der Waals surface area contributed by atoms with Crippen LogP contribution in [0.5, 0.6) is 0 Å². The summed E-state index contributed by atoms with van der Waals surface area (Å²) in [5.74, 6) is -0.189. The fraction of sp³-hybridized carbons (Fsp3) is 0.385. The van der Waals surface area contributed by atoms with Gasteiger partial charge in [-0.3, -0.25) is 9.59 Å². The molecule has 2 aromatic heterocycles. The number of nitrogens with one attached hydrogen (secondary N) is 3. The predicted molar refractivity (Wildman–Crippen MR) is 89.4 cm³/mol. The van der Waals surface area contributed by atoms with Crippen molar-refractivity contribution in [3.05, 3.63) is 11.1 Å². The first kappa shape index (κ1) is 16.4. The van der Waals surface area contributed by atoms with Crippen molar-refractivity contribution in [3.8, 4) is 10.6 Å². The molecule has 0 unspecified atom stereocenters. The molecule has 0 atom stereocenters. The first-order valence-electron chi connectivity index (χ1n) is 6.65. The third-order valence-corrected chi connectivity index (χ3v) is 4.49. The van der Waals surface area contributed by atoms with E-state index in [1.54, 1.807) is 0 Å². The van der Waals surface area contributed by atoms with Crippen LogP contribution in [0, 0.1) is 6.92 Å². The zero-order valence-corrected chi connectivity index (χ0v) is 14.2. The van der Waals surface area contributed by atoms with Crippen molar-refractivity contribution in [2.45, 2.75) is 20.8 Å². The number of hydrogen-bond acceptors (Lipinski definition) is 7. The van der Waals surface area contributed by atoms with Crippen LogP contribution in [0.2, 0.25) is 0 Å². The number of carbonyl (C=O) groups is 2. The Hall–Kier alpha value is -2.00. The molecule has 0 fully saturated rings. The summed E-state index contributed by atoms with van der Waals surface area (Å²) in [6, 6.07) is 0. The number of nitrogens with zero attached hydrogens (tertiary/aromatic N) is 2. The Kier molecular flexibility index (Phi) is 5.45. The van der Waals surface area contributed by atoms with Crippen LogP contribution in [0.4, 0.5) is 10.3 Å². The molecule has 9 heteroatoms. The first-order chi connectivity index (χ1) is 10.5. The number of rotatable bonds is 6. The molecule has 2 heterocycles. The van der Waals surface area contributed by atoms with Crippen LogP contribution in [-0.4, -0.2) is 34.9 Å². The van der Waals surface area contributed by atoms with Crippen LogP contribution in [0.1, 0.15) is 19.5 Å². The van der Waals surface area contributed by atoms with Gasteiger partial charge in [-0.1, -0.05) is 11.3 Å². The Bertz CT molecular complexity index is 680. The zero-order valence-electron chi connectivity index (χ0n) is 12.5. The van der Waals surface area contributed by atoms with E-state index >= 15 is 0 Å². The van der Waals surface area contributed by atoms with Crippen molar-refractivity contribution in [2.75, 3.05) is 23.7 Å². The third-order valence-electron chi connectivity index (χ3n) is 2.59. The van der Waals surface area contributed by atoms with E-state index in [1.165, 1.54) is 36.5 Å². The van der Waals surface area contributed by atoms with Crippen LogP contribution in [0.3, 0.4) is 0 Å². The normalized spacial score (nSPS) is 10.3. The van der Waals surface area contributed by atoms with Gasteiger partial charge in [0.05, 0.1) is 16.3 Å². The molecule has 0 aliphatic rings. The second kappa shape index (κ2) is 7.32. The maximum Gasteiger partial charge on any atom is 0.223 e. The lowest BCUT2D eigenvalue weighted by Gasteiger charge is -2.02. The molecule has 2 aromatic rings. The highest BCUT2D eigenvalue weighted by atomic mass is 32.1. The highest BCUT2D eigenvalue weighted by Crippen LogP contribution is 2.34. The number of carbonyl (C=O) groups excluding carboxylic acids is 2. The van der Waals surface area contributed by atoms with Gasteiger partial charge in [0, 0.05) is 32.3 Å². The van der Waals surface area contributed by atoms with Crippen molar-refractivity contribution in [2.24, 2.45) is 0 Å². The fourth-order valence-electron chi connectivity index (χ4n) is 1.71. The standard InChI is InChI=1S/C13H17N5O2S2/c1-7-11(22-13(16-7)17-9(3)20)10-6-21-12(18-10)15-5-4-14-8(2)19/h6H,4-5H2,1-3H3,(H,14,19)(H,15,18)(H,16,17,20). The molecule has 0 spiro atoms. The first-order valence-corrected chi connectivity index (χ1v) is 8.34. The van der Waals surface area contributed by atoms with E-state index in [-0.39, 0.29) is 11.8 Å². The molecular formula is C13H17N5O2S2. The van der Waals surface area contributed by atoms with Gasteiger partial charge in [-0.2, -0.15) is 0 Å². The molecule has 7 nitrogen and oxygen atoms in total. The van der Waals surface area contributed by atoms with E-state index in [4.69, 9.17) is 0 Å². The average molecular weight is 339 g/mol. The van der Waals surface area contributed by atoms with Crippen molar-refractivity contribution in [1.82, 2.24) is 15.3 Å². The number of thiazole rings is 2. The number of hydrogen-bond donors (Lipinski definition) is 3. The van der Waals surface area contributed by atoms with Crippen molar-refractivity contribution < 1.29 is 9.59 Å². The van der Waals surface area contributed by atoms with Gasteiger partial charge in [0.1, 0.15) is 0 Å². The van der Waals surface area contributed by atoms with Gasteiger partial charge >= 0.3 is 0 Å². The molecule has 22 heavy (non-hydrogen) atoms. The predicted octanol–water partition coefficient (Wildman–Crippen LogP) is 2.08. The lowest BCUT2D eigenvalue weighted by molar-refractivity contribution is -0.119. The van der Waals surface area contributed by atoms with E-state index in [1.807, 2.05) is 12.3 Å². The van der Waals surface area contributed by atoms with Gasteiger partial charge in [-0.15, -0.1) is 11.3 Å². The Morgan fingerprint density at radius 2 is 1.91 bits per heavy atom. The molecule has 0 saturated heterocycles. The van der Waals surface area contributed by atoms with Gasteiger partial charge in [0.25, 0.3) is 0 Å². The summed E-state index contributed by atoms with van der Waals surface area (Å²) in [4.78, 5) is 31.6. The number of anilines is 2. The summed E-state index contributed by atoms with van der Waals surface area (Å²) >= 11 is 2.89. The Morgan fingerprint density at radius 3 is 2.59 bits per heavy atom. The molecular weight excluding hydrogens is 322 g/mol. The van der Waals surface area contributed by atoms with Gasteiger partial charge in [0.15, 0.2) is 10.3 Å². The molecule has 0 aliphatic carbocycles. The highest BCUT2D eigenvalue weighted by Gasteiger charge is 2.13. The van der Waals surface area contributed by atoms with Crippen LogP contribution >= 0.6 is 22.7 Å². The van der Waals surface area contributed by atoms with E-state index < -0.39 is 0 Å². The average Bonchev–Trinajstić information content (AvgIpc) is 3.00. The highest BCUT2D eigenvalue weighted by molar-refractivity contribution is 7.19. The third kappa shape index (κ3) is 4.50. The van der Waals surface area contributed by atoms with Gasteiger partial charge in [0.2, 0.25) is 11.8 Å². The maximum atomic E-state index is 11.1. The molecule has 0 aromatic carbocycles. The van der Waals surface area contributed by atoms with Crippen molar-refractivity contribution >= 4 is 44.8 Å². The van der Waals surface area contributed by atoms with Crippen LogP contribution in [0.25, 0.3) is 10.6 Å². The smallest absolute Gasteiger partial charge is 0.223 e. The number of aryl methyl sites for hydroxylation is 1. The van der Waals surface area contributed by atoms with Crippen LogP contribution < -0.4 is 16.0 Å². The number of amides is 2. The summed E-state index contributed by atoms with van der Waals surface area (Å²) < 4.78 is 0. The lowest BCUT2D eigenvalue weighted by atomic mass is 10.3.